The lowest BCUT2D eigenvalue weighted by molar-refractivity contribution is 0.100. The number of primary amides is 1. The molecule has 0 aliphatic heterocycles. The van der Waals surface area contributed by atoms with Crippen LogP contribution in [-0.4, -0.2) is 12.5 Å². The minimum Gasteiger partial charge on any atom is -0.494 e. The molecule has 0 spiro atoms. The highest BCUT2D eigenvalue weighted by Crippen LogP contribution is 2.19. The molecule has 0 atom stereocenters. The summed E-state index contributed by atoms with van der Waals surface area (Å²) >= 11 is 0. The Kier molecular flexibility index (Phi) is 4.64. The first-order valence-corrected chi connectivity index (χ1v) is 5.47. The SMILES string of the molecule is CCCCCOc1ccc(N)c(C(N)=O)c1. The summed E-state index contributed by atoms with van der Waals surface area (Å²) in [4.78, 5) is 11.0. The van der Waals surface area contributed by atoms with Crippen LogP contribution in [0.5, 0.6) is 5.75 Å². The Morgan fingerprint density at radius 2 is 2.12 bits per heavy atom. The summed E-state index contributed by atoms with van der Waals surface area (Å²) in [6, 6.07) is 4.96. The van der Waals surface area contributed by atoms with E-state index in [9.17, 15) is 4.79 Å². The molecule has 0 saturated carbocycles. The lowest BCUT2D eigenvalue weighted by Gasteiger charge is -2.08. The standard InChI is InChI=1S/C12H18N2O2/c1-2-3-4-7-16-9-5-6-11(13)10(8-9)12(14)15/h5-6,8H,2-4,7,13H2,1H3,(H2,14,15). The van der Waals surface area contributed by atoms with Crippen molar-refractivity contribution in [1.29, 1.82) is 0 Å². The lowest BCUT2D eigenvalue weighted by Crippen LogP contribution is -2.13. The van der Waals surface area contributed by atoms with Gasteiger partial charge in [-0.25, -0.2) is 0 Å². The summed E-state index contributed by atoms with van der Waals surface area (Å²) in [7, 11) is 0. The molecule has 88 valence electrons. The summed E-state index contributed by atoms with van der Waals surface area (Å²) in [6.07, 6.45) is 3.29. The Morgan fingerprint density at radius 3 is 2.75 bits per heavy atom. The third-order valence-electron chi connectivity index (χ3n) is 2.31. The van der Waals surface area contributed by atoms with Crippen LogP contribution in [0, 0.1) is 0 Å². The second-order valence-electron chi connectivity index (χ2n) is 3.67. The summed E-state index contributed by atoms with van der Waals surface area (Å²) in [5.41, 5.74) is 11.5. The van der Waals surface area contributed by atoms with Crippen LogP contribution in [0.2, 0.25) is 0 Å². The second kappa shape index (κ2) is 6.00. The summed E-state index contributed by atoms with van der Waals surface area (Å²) < 4.78 is 5.49. The smallest absolute Gasteiger partial charge is 0.250 e. The van der Waals surface area contributed by atoms with Crippen LogP contribution < -0.4 is 16.2 Å². The molecule has 0 aromatic heterocycles. The number of amides is 1. The molecule has 1 aromatic carbocycles. The van der Waals surface area contributed by atoms with Crippen LogP contribution in [0.1, 0.15) is 36.5 Å². The van der Waals surface area contributed by atoms with Crippen molar-refractivity contribution in [3.8, 4) is 5.75 Å². The minimum absolute atomic E-state index is 0.313. The van der Waals surface area contributed by atoms with E-state index in [2.05, 4.69) is 6.92 Å². The van der Waals surface area contributed by atoms with Crippen LogP contribution in [0.3, 0.4) is 0 Å². The van der Waals surface area contributed by atoms with Gasteiger partial charge in [0, 0.05) is 5.69 Å². The van der Waals surface area contributed by atoms with Crippen molar-refractivity contribution in [2.24, 2.45) is 5.73 Å². The van der Waals surface area contributed by atoms with Crippen LogP contribution in [0.25, 0.3) is 0 Å². The summed E-state index contributed by atoms with van der Waals surface area (Å²) in [5, 5.41) is 0. The molecule has 4 N–H and O–H groups in total. The maximum absolute atomic E-state index is 11.0. The van der Waals surface area contributed by atoms with E-state index in [4.69, 9.17) is 16.2 Å². The van der Waals surface area contributed by atoms with Gasteiger partial charge in [0.15, 0.2) is 0 Å². The highest BCUT2D eigenvalue weighted by atomic mass is 16.5. The van der Waals surface area contributed by atoms with E-state index < -0.39 is 5.91 Å². The maximum Gasteiger partial charge on any atom is 0.250 e. The van der Waals surface area contributed by atoms with E-state index in [1.54, 1.807) is 18.2 Å². The van der Waals surface area contributed by atoms with Gasteiger partial charge in [-0.15, -0.1) is 0 Å². The van der Waals surface area contributed by atoms with Gasteiger partial charge in [-0.05, 0) is 24.6 Å². The van der Waals surface area contributed by atoms with Gasteiger partial charge >= 0.3 is 0 Å². The van der Waals surface area contributed by atoms with E-state index in [1.807, 2.05) is 0 Å². The zero-order valence-electron chi connectivity index (χ0n) is 9.53. The molecule has 1 aromatic rings. The third-order valence-corrected chi connectivity index (χ3v) is 2.31. The predicted molar refractivity (Wildman–Crippen MR) is 64.4 cm³/mol. The van der Waals surface area contributed by atoms with Crippen molar-refractivity contribution in [1.82, 2.24) is 0 Å². The fourth-order valence-corrected chi connectivity index (χ4v) is 1.38. The van der Waals surface area contributed by atoms with Crippen molar-refractivity contribution in [2.45, 2.75) is 26.2 Å². The molecule has 1 rings (SSSR count). The highest BCUT2D eigenvalue weighted by Gasteiger charge is 2.06. The largest absolute Gasteiger partial charge is 0.494 e. The molecule has 1 amide bonds. The molecule has 0 unspecified atom stereocenters. The van der Waals surface area contributed by atoms with Gasteiger partial charge in [0.2, 0.25) is 0 Å². The van der Waals surface area contributed by atoms with Gasteiger partial charge in [0.25, 0.3) is 5.91 Å². The maximum atomic E-state index is 11.0. The van der Waals surface area contributed by atoms with Crippen molar-refractivity contribution < 1.29 is 9.53 Å². The first kappa shape index (κ1) is 12.4. The first-order valence-electron chi connectivity index (χ1n) is 5.47. The second-order valence-corrected chi connectivity index (χ2v) is 3.67. The van der Waals surface area contributed by atoms with Gasteiger partial charge < -0.3 is 16.2 Å². The number of anilines is 1. The Balaban J connectivity index is 2.61. The topological polar surface area (TPSA) is 78.3 Å². The Morgan fingerprint density at radius 1 is 1.38 bits per heavy atom. The summed E-state index contributed by atoms with van der Waals surface area (Å²) in [5.74, 6) is 0.107. The highest BCUT2D eigenvalue weighted by molar-refractivity contribution is 5.98. The molecule has 0 heterocycles. The average molecular weight is 222 g/mol. The van der Waals surface area contributed by atoms with Crippen LogP contribution >= 0.6 is 0 Å². The number of carbonyl (C=O) groups excluding carboxylic acids is 1. The van der Waals surface area contributed by atoms with Crippen molar-refractivity contribution in [3.05, 3.63) is 23.8 Å². The third kappa shape index (κ3) is 3.46. The van der Waals surface area contributed by atoms with Gasteiger partial charge in [-0.3, -0.25) is 4.79 Å². The molecule has 0 aliphatic carbocycles. The predicted octanol–water partition coefficient (Wildman–Crippen LogP) is 1.94. The van der Waals surface area contributed by atoms with E-state index in [1.165, 1.54) is 0 Å². The molecule has 16 heavy (non-hydrogen) atoms. The van der Waals surface area contributed by atoms with E-state index in [-0.39, 0.29) is 0 Å². The fourth-order valence-electron chi connectivity index (χ4n) is 1.38. The first-order chi connectivity index (χ1) is 7.65. The van der Waals surface area contributed by atoms with Crippen molar-refractivity contribution in [2.75, 3.05) is 12.3 Å². The number of benzene rings is 1. The molecular formula is C12H18N2O2. The Bertz CT molecular complexity index is 364. The number of nitrogens with two attached hydrogens (primary N) is 2. The zero-order chi connectivity index (χ0) is 12.0. The van der Waals surface area contributed by atoms with E-state index >= 15 is 0 Å². The normalized spacial score (nSPS) is 10.1. The van der Waals surface area contributed by atoms with E-state index in [0.29, 0.717) is 23.6 Å². The Labute approximate surface area is 95.6 Å². The van der Waals surface area contributed by atoms with Crippen LogP contribution in [-0.2, 0) is 0 Å². The van der Waals surface area contributed by atoms with Gasteiger partial charge in [0.1, 0.15) is 5.75 Å². The monoisotopic (exact) mass is 222 g/mol. The lowest BCUT2D eigenvalue weighted by atomic mass is 10.1. The molecule has 0 bridgehead atoms. The quantitative estimate of drug-likeness (QED) is 0.570. The Hall–Kier alpha value is -1.71. The molecule has 0 fully saturated rings. The number of rotatable bonds is 6. The minimum atomic E-state index is -0.531. The molecule has 4 nitrogen and oxygen atoms in total. The zero-order valence-corrected chi connectivity index (χ0v) is 9.53. The number of nitrogen functional groups attached to an aromatic ring is 1. The number of hydrogen-bond acceptors (Lipinski definition) is 3. The number of unbranched alkanes of at least 4 members (excludes halogenated alkanes) is 2. The van der Waals surface area contributed by atoms with Crippen molar-refractivity contribution in [3.63, 3.8) is 0 Å². The molecule has 0 radical (unpaired) electrons. The molecule has 0 aliphatic rings. The number of carbonyl (C=O) groups is 1. The van der Waals surface area contributed by atoms with Crippen molar-refractivity contribution >= 4 is 11.6 Å². The molecular weight excluding hydrogens is 204 g/mol. The molecule has 0 saturated heterocycles. The fraction of sp³-hybridized carbons (Fsp3) is 0.417. The van der Waals surface area contributed by atoms with E-state index in [0.717, 1.165) is 19.3 Å². The number of hydrogen-bond donors (Lipinski definition) is 2. The molecule has 4 heteroatoms. The van der Waals surface area contributed by atoms with Gasteiger partial charge in [-0.2, -0.15) is 0 Å². The number of ether oxygens (including phenoxy) is 1. The van der Waals surface area contributed by atoms with Gasteiger partial charge in [-0.1, -0.05) is 19.8 Å². The van der Waals surface area contributed by atoms with Crippen LogP contribution in [0.4, 0.5) is 5.69 Å². The summed E-state index contributed by atoms with van der Waals surface area (Å²) in [6.45, 7) is 2.78. The van der Waals surface area contributed by atoms with Gasteiger partial charge in [0.05, 0.1) is 12.2 Å². The van der Waals surface area contributed by atoms with Crippen LogP contribution in [0.15, 0.2) is 18.2 Å². The average Bonchev–Trinajstić information content (AvgIpc) is 2.26.